The number of rotatable bonds is 4. The van der Waals surface area contributed by atoms with E-state index in [9.17, 15) is 8.42 Å². The van der Waals surface area contributed by atoms with Gasteiger partial charge >= 0.3 is 0 Å². The lowest BCUT2D eigenvalue weighted by Gasteiger charge is -2.17. The van der Waals surface area contributed by atoms with E-state index in [-0.39, 0.29) is 4.90 Å². The molecule has 1 aromatic rings. The highest BCUT2D eigenvalue weighted by Crippen LogP contribution is 2.64. The summed E-state index contributed by atoms with van der Waals surface area (Å²) in [5.74, 6) is 0.676. The number of fused-ring (bicyclic) bond motifs is 1. The average molecular weight is 278 g/mol. The molecule has 0 N–H and O–H groups in total. The highest BCUT2D eigenvalue weighted by Gasteiger charge is 2.67. The fourth-order valence-electron chi connectivity index (χ4n) is 3.35. The molecule has 0 radical (unpaired) electrons. The lowest BCUT2D eigenvalue weighted by atomic mass is 10.1. The van der Waals surface area contributed by atoms with Crippen LogP contribution in [0.25, 0.3) is 0 Å². The Morgan fingerprint density at radius 1 is 1.26 bits per heavy atom. The second-order valence-electron chi connectivity index (χ2n) is 5.55. The minimum Gasteiger partial charge on any atom is -0.255 e. The second kappa shape index (κ2) is 4.18. The van der Waals surface area contributed by atoms with Gasteiger partial charge in [0.25, 0.3) is 10.1 Å². The van der Waals surface area contributed by atoms with Crippen LogP contribution >= 0.6 is 0 Å². The van der Waals surface area contributed by atoms with Gasteiger partial charge in [0.15, 0.2) is 0 Å². The Hall–Kier alpha value is -1.13. The Morgan fingerprint density at radius 3 is 2.37 bits per heavy atom. The molecule has 19 heavy (non-hydrogen) atoms. The minimum absolute atomic E-state index is 0.226. The molecule has 1 aromatic carbocycles. The van der Waals surface area contributed by atoms with E-state index in [1.807, 2.05) is 6.92 Å². The van der Waals surface area contributed by atoms with Crippen molar-refractivity contribution in [3.05, 3.63) is 42.5 Å². The van der Waals surface area contributed by atoms with Crippen LogP contribution in [0.1, 0.15) is 24.8 Å². The van der Waals surface area contributed by atoms with Gasteiger partial charge in [-0.2, -0.15) is 8.42 Å². The number of benzene rings is 1. The molecule has 0 spiro atoms. The lowest BCUT2D eigenvalue weighted by molar-refractivity contribution is 0.192. The largest absolute Gasteiger partial charge is 0.297 e. The molecule has 2 saturated carbocycles. The molecule has 0 aliphatic heterocycles. The van der Waals surface area contributed by atoms with Gasteiger partial charge in [0.05, 0.1) is 4.90 Å². The van der Waals surface area contributed by atoms with E-state index in [2.05, 4.69) is 6.58 Å². The van der Waals surface area contributed by atoms with Gasteiger partial charge in [-0.15, -0.1) is 6.58 Å². The van der Waals surface area contributed by atoms with E-state index in [1.165, 1.54) is 6.42 Å². The summed E-state index contributed by atoms with van der Waals surface area (Å²) in [6.45, 7) is 5.70. The third kappa shape index (κ3) is 1.94. The zero-order valence-corrected chi connectivity index (χ0v) is 11.8. The first-order chi connectivity index (χ1) is 8.99. The zero-order valence-electron chi connectivity index (χ0n) is 11.0. The van der Waals surface area contributed by atoms with E-state index in [0.29, 0.717) is 11.8 Å². The monoisotopic (exact) mass is 278 g/mol. The van der Waals surface area contributed by atoms with Crippen molar-refractivity contribution in [3.8, 4) is 0 Å². The summed E-state index contributed by atoms with van der Waals surface area (Å²) < 4.78 is 30.2. The third-order valence-corrected chi connectivity index (χ3v) is 5.81. The molecular formula is C15H18O3S. The van der Waals surface area contributed by atoms with Gasteiger partial charge in [-0.05, 0) is 43.7 Å². The fraction of sp³-hybridized carbons (Fsp3) is 0.467. The van der Waals surface area contributed by atoms with Gasteiger partial charge in [0.1, 0.15) is 5.60 Å². The van der Waals surface area contributed by atoms with E-state index < -0.39 is 15.7 Å². The molecule has 0 amide bonds. The maximum absolute atomic E-state index is 12.3. The van der Waals surface area contributed by atoms with Gasteiger partial charge in [-0.3, -0.25) is 4.18 Å². The molecule has 0 aromatic heterocycles. The summed E-state index contributed by atoms with van der Waals surface area (Å²) >= 11 is 0. The minimum atomic E-state index is -3.70. The Morgan fingerprint density at radius 2 is 1.84 bits per heavy atom. The van der Waals surface area contributed by atoms with Gasteiger partial charge in [-0.1, -0.05) is 30.2 Å². The van der Waals surface area contributed by atoms with Crippen molar-refractivity contribution < 1.29 is 12.6 Å². The Kier molecular flexibility index (Phi) is 2.84. The first-order valence-electron chi connectivity index (χ1n) is 6.65. The molecule has 0 bridgehead atoms. The predicted octanol–water partition coefficient (Wildman–Crippen LogP) is 3.06. The standard InChI is InChI=1S/C15H18O3S/c1-3-15(13-5-4-6-14(13)15)18-19(16,17)12-9-7-11(2)8-10-12/h3,7-10,13-14H,1,4-6H2,2H3. The average Bonchev–Trinajstić information content (AvgIpc) is 2.77. The number of aryl methyl sites for hydroxylation is 1. The lowest BCUT2D eigenvalue weighted by Crippen LogP contribution is -2.23. The van der Waals surface area contributed by atoms with E-state index in [0.717, 1.165) is 18.4 Å². The van der Waals surface area contributed by atoms with Crippen molar-refractivity contribution in [1.82, 2.24) is 0 Å². The van der Waals surface area contributed by atoms with Crippen LogP contribution in [0.4, 0.5) is 0 Å². The number of hydrogen-bond acceptors (Lipinski definition) is 3. The molecule has 2 aliphatic rings. The van der Waals surface area contributed by atoms with Crippen LogP contribution in [0, 0.1) is 18.8 Å². The fourth-order valence-corrected chi connectivity index (χ4v) is 4.61. The predicted molar refractivity (Wildman–Crippen MR) is 73.2 cm³/mol. The maximum Gasteiger partial charge on any atom is 0.297 e. The Labute approximate surface area is 114 Å². The highest BCUT2D eigenvalue weighted by atomic mass is 32.2. The van der Waals surface area contributed by atoms with Crippen molar-refractivity contribution in [2.24, 2.45) is 11.8 Å². The van der Waals surface area contributed by atoms with Crippen LogP contribution in [0.15, 0.2) is 41.8 Å². The Bertz CT molecular complexity index is 591. The van der Waals surface area contributed by atoms with Crippen LogP contribution in [-0.4, -0.2) is 14.0 Å². The van der Waals surface area contributed by atoms with Crippen molar-refractivity contribution in [2.75, 3.05) is 0 Å². The summed E-state index contributed by atoms with van der Waals surface area (Å²) in [6, 6.07) is 6.76. The zero-order chi connectivity index (χ0) is 13.7. The molecule has 3 rings (SSSR count). The summed E-state index contributed by atoms with van der Waals surface area (Å²) in [5.41, 5.74) is 0.391. The van der Waals surface area contributed by atoms with Crippen molar-refractivity contribution in [2.45, 2.75) is 36.7 Å². The topological polar surface area (TPSA) is 43.4 Å². The third-order valence-electron chi connectivity index (χ3n) is 4.45. The molecular weight excluding hydrogens is 260 g/mol. The SMILES string of the molecule is C=CC1(OS(=O)(=O)c2ccc(C)cc2)C2CCCC21. The van der Waals surface area contributed by atoms with E-state index >= 15 is 0 Å². The maximum atomic E-state index is 12.3. The molecule has 3 nitrogen and oxygen atoms in total. The molecule has 102 valence electrons. The van der Waals surface area contributed by atoms with Crippen molar-refractivity contribution in [3.63, 3.8) is 0 Å². The van der Waals surface area contributed by atoms with Crippen LogP contribution < -0.4 is 0 Å². The molecule has 2 aliphatic carbocycles. The van der Waals surface area contributed by atoms with Crippen LogP contribution in [-0.2, 0) is 14.3 Å². The first kappa shape index (κ1) is 12.9. The van der Waals surface area contributed by atoms with Crippen molar-refractivity contribution >= 4 is 10.1 Å². The van der Waals surface area contributed by atoms with Gasteiger partial charge in [0.2, 0.25) is 0 Å². The van der Waals surface area contributed by atoms with E-state index in [1.54, 1.807) is 30.3 Å². The second-order valence-corrected chi connectivity index (χ2v) is 7.10. The smallest absolute Gasteiger partial charge is 0.255 e. The van der Waals surface area contributed by atoms with Gasteiger partial charge in [0, 0.05) is 0 Å². The molecule has 2 fully saturated rings. The number of hydrogen-bond donors (Lipinski definition) is 0. The first-order valence-corrected chi connectivity index (χ1v) is 8.06. The highest BCUT2D eigenvalue weighted by molar-refractivity contribution is 7.86. The van der Waals surface area contributed by atoms with Gasteiger partial charge in [-0.25, -0.2) is 0 Å². The molecule has 0 heterocycles. The molecule has 2 atom stereocenters. The molecule has 4 heteroatoms. The molecule has 0 saturated heterocycles. The summed E-state index contributed by atoms with van der Waals surface area (Å²) in [5, 5.41) is 0. The quantitative estimate of drug-likeness (QED) is 0.628. The summed E-state index contributed by atoms with van der Waals surface area (Å²) in [6.07, 6.45) is 4.94. The molecule has 2 unspecified atom stereocenters. The Balaban J connectivity index is 1.86. The van der Waals surface area contributed by atoms with Crippen LogP contribution in [0.3, 0.4) is 0 Å². The summed E-state index contributed by atoms with van der Waals surface area (Å²) in [4.78, 5) is 0.226. The van der Waals surface area contributed by atoms with Crippen molar-refractivity contribution in [1.29, 1.82) is 0 Å². The van der Waals surface area contributed by atoms with Crippen LogP contribution in [0.5, 0.6) is 0 Å². The van der Waals surface area contributed by atoms with Gasteiger partial charge < -0.3 is 0 Å². The van der Waals surface area contributed by atoms with E-state index in [4.69, 9.17) is 4.18 Å². The van der Waals surface area contributed by atoms with Crippen LogP contribution in [0.2, 0.25) is 0 Å². The summed E-state index contributed by atoms with van der Waals surface area (Å²) in [7, 11) is -3.70. The normalized spacial score (nSPS) is 32.9.